The molecule has 1 aliphatic rings. The Balaban J connectivity index is 2.49. The van der Waals surface area contributed by atoms with Crippen molar-refractivity contribution in [2.45, 2.75) is 6.92 Å². The summed E-state index contributed by atoms with van der Waals surface area (Å²) in [5.41, 5.74) is 0.956. The third-order valence-corrected chi connectivity index (χ3v) is 1.51. The molecule has 0 atom stereocenters. The highest BCUT2D eigenvalue weighted by Gasteiger charge is 2.21. The number of hydrogen-bond donors (Lipinski definition) is 1. The highest BCUT2D eigenvalue weighted by Crippen LogP contribution is 1.98. The van der Waals surface area contributed by atoms with Crippen molar-refractivity contribution in [3.8, 4) is 0 Å². The Morgan fingerprint density at radius 2 is 2.00 bits per heavy atom. The third kappa shape index (κ3) is 2.47. The van der Waals surface area contributed by atoms with Crippen LogP contribution in [-0.4, -0.2) is 36.3 Å². The van der Waals surface area contributed by atoms with E-state index >= 15 is 0 Å². The Morgan fingerprint density at radius 3 is 2.42 bits per heavy atom. The number of nitrogens with zero attached hydrogens (tertiary/aromatic N) is 1. The summed E-state index contributed by atoms with van der Waals surface area (Å²) < 4.78 is 0. The van der Waals surface area contributed by atoms with Crippen LogP contribution in [0.4, 0.5) is 0 Å². The molecule has 0 aromatic heterocycles. The minimum Gasteiger partial charge on any atom is -0.294 e. The molecular formula is C8H12N2O2. The van der Waals surface area contributed by atoms with Gasteiger partial charge in [0.2, 0.25) is 11.8 Å². The summed E-state index contributed by atoms with van der Waals surface area (Å²) in [7, 11) is 0. The Morgan fingerprint density at radius 1 is 1.50 bits per heavy atom. The van der Waals surface area contributed by atoms with E-state index in [4.69, 9.17) is 0 Å². The second kappa shape index (κ2) is 3.49. The zero-order valence-corrected chi connectivity index (χ0v) is 7.09. The fourth-order valence-corrected chi connectivity index (χ4v) is 1.19. The number of nitrogens with one attached hydrogen (secondary N) is 1. The molecule has 2 amide bonds. The standard InChI is InChI=1S/C8H12N2O2/c1-6(2)3-10-4-7(11)9-8(12)5-10/h1,3-5H2,2H3,(H,9,11,12). The van der Waals surface area contributed by atoms with Crippen molar-refractivity contribution in [2.24, 2.45) is 0 Å². The smallest absolute Gasteiger partial charge is 0.240 e. The molecule has 12 heavy (non-hydrogen) atoms. The molecule has 0 unspecified atom stereocenters. The molecule has 1 N–H and O–H groups in total. The lowest BCUT2D eigenvalue weighted by Crippen LogP contribution is -2.51. The molecule has 0 saturated carbocycles. The van der Waals surface area contributed by atoms with Gasteiger partial charge in [-0.3, -0.25) is 19.8 Å². The summed E-state index contributed by atoms with van der Waals surface area (Å²) in [4.78, 5) is 23.5. The minimum atomic E-state index is -0.229. The number of imide groups is 1. The van der Waals surface area contributed by atoms with Crippen molar-refractivity contribution in [3.63, 3.8) is 0 Å². The van der Waals surface area contributed by atoms with Crippen molar-refractivity contribution in [3.05, 3.63) is 12.2 Å². The second-order valence-corrected chi connectivity index (χ2v) is 3.07. The Bertz CT molecular complexity index is 216. The topological polar surface area (TPSA) is 49.4 Å². The highest BCUT2D eigenvalue weighted by molar-refractivity contribution is 5.99. The molecule has 66 valence electrons. The molecule has 1 saturated heterocycles. The first-order valence-electron chi connectivity index (χ1n) is 3.77. The third-order valence-electron chi connectivity index (χ3n) is 1.51. The van der Waals surface area contributed by atoms with E-state index < -0.39 is 0 Å². The van der Waals surface area contributed by atoms with E-state index in [2.05, 4.69) is 11.9 Å². The van der Waals surface area contributed by atoms with Crippen LogP contribution in [0.25, 0.3) is 0 Å². The van der Waals surface area contributed by atoms with Gasteiger partial charge in [-0.25, -0.2) is 0 Å². The van der Waals surface area contributed by atoms with Gasteiger partial charge in [-0.15, -0.1) is 0 Å². The SMILES string of the molecule is C=C(C)CN1CC(=O)NC(=O)C1. The van der Waals surface area contributed by atoms with Crippen molar-refractivity contribution < 1.29 is 9.59 Å². The molecule has 0 spiro atoms. The lowest BCUT2D eigenvalue weighted by atomic mass is 10.2. The van der Waals surface area contributed by atoms with Crippen molar-refractivity contribution in [1.82, 2.24) is 10.2 Å². The monoisotopic (exact) mass is 168 g/mol. The first-order chi connectivity index (χ1) is 5.58. The van der Waals surface area contributed by atoms with Gasteiger partial charge in [0, 0.05) is 6.54 Å². The number of hydrogen-bond acceptors (Lipinski definition) is 3. The van der Waals surface area contributed by atoms with Crippen LogP contribution >= 0.6 is 0 Å². The first-order valence-corrected chi connectivity index (χ1v) is 3.77. The van der Waals surface area contributed by atoms with E-state index in [-0.39, 0.29) is 11.8 Å². The van der Waals surface area contributed by atoms with Gasteiger partial charge in [-0.1, -0.05) is 12.2 Å². The predicted octanol–water partition coefficient (Wildman–Crippen LogP) is -0.479. The molecule has 4 nitrogen and oxygen atoms in total. The van der Waals surface area contributed by atoms with Crippen LogP contribution in [0.3, 0.4) is 0 Å². The summed E-state index contributed by atoms with van der Waals surface area (Å²) in [5, 5.41) is 2.23. The summed E-state index contributed by atoms with van der Waals surface area (Å²) in [6.45, 7) is 6.78. The number of piperazine rings is 1. The van der Waals surface area contributed by atoms with Crippen molar-refractivity contribution >= 4 is 11.8 Å². The number of carbonyl (C=O) groups is 2. The molecule has 4 heteroatoms. The fraction of sp³-hybridized carbons (Fsp3) is 0.500. The van der Waals surface area contributed by atoms with Crippen LogP contribution in [0, 0.1) is 0 Å². The Labute approximate surface area is 71.2 Å². The Hall–Kier alpha value is -1.16. The quantitative estimate of drug-likeness (QED) is 0.447. The van der Waals surface area contributed by atoms with E-state index in [1.807, 2.05) is 6.92 Å². The average Bonchev–Trinajstić information content (AvgIpc) is 1.81. The molecular weight excluding hydrogens is 156 g/mol. The normalized spacial score (nSPS) is 19.1. The number of rotatable bonds is 2. The van der Waals surface area contributed by atoms with Crippen molar-refractivity contribution in [2.75, 3.05) is 19.6 Å². The number of amides is 2. The molecule has 1 heterocycles. The van der Waals surface area contributed by atoms with Gasteiger partial charge >= 0.3 is 0 Å². The molecule has 0 aliphatic carbocycles. The maximum absolute atomic E-state index is 10.9. The highest BCUT2D eigenvalue weighted by atomic mass is 16.2. The summed E-state index contributed by atoms with van der Waals surface area (Å²) in [6, 6.07) is 0. The summed E-state index contributed by atoms with van der Waals surface area (Å²) in [5.74, 6) is -0.458. The maximum atomic E-state index is 10.9. The maximum Gasteiger partial charge on any atom is 0.240 e. The van der Waals surface area contributed by atoms with Gasteiger partial charge in [-0.05, 0) is 6.92 Å². The van der Waals surface area contributed by atoms with E-state index in [0.717, 1.165) is 5.57 Å². The van der Waals surface area contributed by atoms with E-state index in [1.54, 1.807) is 4.90 Å². The molecule has 1 fully saturated rings. The van der Waals surface area contributed by atoms with Crippen LogP contribution in [0.15, 0.2) is 12.2 Å². The van der Waals surface area contributed by atoms with E-state index in [9.17, 15) is 9.59 Å². The molecule has 0 aromatic rings. The summed E-state index contributed by atoms with van der Waals surface area (Å²) in [6.07, 6.45) is 0. The van der Waals surface area contributed by atoms with Crippen LogP contribution < -0.4 is 5.32 Å². The van der Waals surface area contributed by atoms with Gasteiger partial charge < -0.3 is 0 Å². The van der Waals surface area contributed by atoms with Crippen molar-refractivity contribution in [1.29, 1.82) is 0 Å². The van der Waals surface area contributed by atoms with Gasteiger partial charge in [0.1, 0.15) is 0 Å². The molecule has 0 bridgehead atoms. The largest absolute Gasteiger partial charge is 0.294 e. The van der Waals surface area contributed by atoms with Crippen LogP contribution in [-0.2, 0) is 9.59 Å². The zero-order chi connectivity index (χ0) is 9.14. The minimum absolute atomic E-state index is 0.229. The lowest BCUT2D eigenvalue weighted by molar-refractivity contribution is -0.135. The predicted molar refractivity (Wildman–Crippen MR) is 44.4 cm³/mol. The Kier molecular flexibility index (Phi) is 2.60. The van der Waals surface area contributed by atoms with Gasteiger partial charge in [0.25, 0.3) is 0 Å². The second-order valence-electron chi connectivity index (χ2n) is 3.07. The van der Waals surface area contributed by atoms with Crippen LogP contribution in [0.2, 0.25) is 0 Å². The molecule has 1 aliphatic heterocycles. The average molecular weight is 168 g/mol. The molecule has 0 aromatic carbocycles. The van der Waals surface area contributed by atoms with Crippen LogP contribution in [0.5, 0.6) is 0 Å². The summed E-state index contributed by atoms with van der Waals surface area (Å²) >= 11 is 0. The zero-order valence-electron chi connectivity index (χ0n) is 7.09. The van der Waals surface area contributed by atoms with E-state index in [1.165, 1.54) is 0 Å². The lowest BCUT2D eigenvalue weighted by Gasteiger charge is -2.24. The van der Waals surface area contributed by atoms with Gasteiger partial charge in [-0.2, -0.15) is 0 Å². The molecule has 1 rings (SSSR count). The van der Waals surface area contributed by atoms with Crippen LogP contribution in [0.1, 0.15) is 6.92 Å². The van der Waals surface area contributed by atoms with E-state index in [0.29, 0.717) is 19.6 Å². The van der Waals surface area contributed by atoms with Gasteiger partial charge in [0.15, 0.2) is 0 Å². The van der Waals surface area contributed by atoms with Gasteiger partial charge in [0.05, 0.1) is 13.1 Å². The first kappa shape index (κ1) is 8.93. The number of carbonyl (C=O) groups excluding carboxylic acids is 2. The molecule has 0 radical (unpaired) electrons. The fourth-order valence-electron chi connectivity index (χ4n) is 1.19.